The van der Waals surface area contributed by atoms with Crippen molar-refractivity contribution < 1.29 is 14.3 Å². The molecule has 1 aliphatic heterocycles. The minimum atomic E-state index is 0. The van der Waals surface area contributed by atoms with Crippen molar-refractivity contribution in [3.05, 3.63) is 29.8 Å². The minimum absolute atomic E-state index is 0. The van der Waals surface area contributed by atoms with Gasteiger partial charge in [-0.1, -0.05) is 12.1 Å². The predicted octanol–water partition coefficient (Wildman–Crippen LogP) is 2.54. The van der Waals surface area contributed by atoms with E-state index in [1.165, 1.54) is 0 Å². The fourth-order valence-electron chi connectivity index (χ4n) is 2.72. The molecule has 1 saturated heterocycles. The number of hydrogen-bond acceptors (Lipinski definition) is 4. The highest BCUT2D eigenvalue weighted by Gasteiger charge is 2.22. The monoisotopic (exact) mass is 356 g/mol. The summed E-state index contributed by atoms with van der Waals surface area (Å²) in [4.78, 5) is 14.1. The zero-order valence-corrected chi connectivity index (χ0v) is 15.2. The van der Waals surface area contributed by atoms with E-state index in [0.717, 1.165) is 50.3 Å². The van der Waals surface area contributed by atoms with Crippen LogP contribution in [-0.4, -0.2) is 49.8 Å². The van der Waals surface area contributed by atoms with E-state index in [-0.39, 0.29) is 24.4 Å². The highest BCUT2D eigenvalue weighted by molar-refractivity contribution is 5.85. The third kappa shape index (κ3) is 7.07. The lowest BCUT2D eigenvalue weighted by Gasteiger charge is -2.32. The van der Waals surface area contributed by atoms with E-state index < -0.39 is 0 Å². The van der Waals surface area contributed by atoms with E-state index in [4.69, 9.17) is 15.2 Å². The fourth-order valence-corrected chi connectivity index (χ4v) is 2.72. The number of likely N-dealkylation sites (tertiary alicyclic amines) is 1. The molecule has 5 nitrogen and oxygen atoms in total. The second-order valence-electron chi connectivity index (χ2n) is 6.01. The van der Waals surface area contributed by atoms with Crippen molar-refractivity contribution in [1.82, 2.24) is 4.90 Å². The summed E-state index contributed by atoms with van der Waals surface area (Å²) < 4.78 is 11.4. The number of aryl methyl sites for hydroxylation is 1. The van der Waals surface area contributed by atoms with Gasteiger partial charge in [-0.3, -0.25) is 4.79 Å². The van der Waals surface area contributed by atoms with Gasteiger partial charge in [0.1, 0.15) is 5.75 Å². The van der Waals surface area contributed by atoms with Gasteiger partial charge in [-0.2, -0.15) is 0 Å². The molecule has 1 aliphatic rings. The Morgan fingerprint density at radius 1 is 1.29 bits per heavy atom. The Morgan fingerprint density at radius 3 is 2.71 bits per heavy atom. The van der Waals surface area contributed by atoms with E-state index in [1.54, 1.807) is 0 Å². The van der Waals surface area contributed by atoms with Gasteiger partial charge in [0, 0.05) is 19.7 Å². The first-order valence-corrected chi connectivity index (χ1v) is 8.48. The Kier molecular flexibility index (Phi) is 9.76. The molecule has 2 N–H and O–H groups in total. The Bertz CT molecular complexity index is 491. The standard InChI is InChI=1S/C18H28N2O3.ClH/c1-15-4-2-5-17(14-15)23-13-8-18(21)20-10-6-16(7-11-20)22-12-3-9-19;/h2,4-5,14,16H,3,6-13,19H2,1H3;1H. The summed E-state index contributed by atoms with van der Waals surface area (Å²) in [5.74, 6) is 0.989. The molecule has 0 unspecified atom stereocenters. The number of amides is 1. The van der Waals surface area contributed by atoms with Crippen LogP contribution in [0.4, 0.5) is 0 Å². The first-order valence-electron chi connectivity index (χ1n) is 8.48. The van der Waals surface area contributed by atoms with Gasteiger partial charge in [0.15, 0.2) is 0 Å². The van der Waals surface area contributed by atoms with Crippen LogP contribution < -0.4 is 10.5 Å². The molecule has 1 amide bonds. The molecule has 0 aliphatic carbocycles. The van der Waals surface area contributed by atoms with E-state index >= 15 is 0 Å². The van der Waals surface area contributed by atoms with E-state index in [0.29, 0.717) is 19.6 Å². The van der Waals surface area contributed by atoms with Crippen LogP contribution in [0, 0.1) is 6.92 Å². The summed E-state index contributed by atoms with van der Waals surface area (Å²) in [5.41, 5.74) is 6.62. The van der Waals surface area contributed by atoms with Gasteiger partial charge in [0.2, 0.25) is 5.91 Å². The van der Waals surface area contributed by atoms with Gasteiger partial charge in [-0.05, 0) is 50.4 Å². The molecule has 1 heterocycles. The van der Waals surface area contributed by atoms with E-state index in [1.807, 2.05) is 36.1 Å². The van der Waals surface area contributed by atoms with Gasteiger partial charge < -0.3 is 20.1 Å². The third-order valence-corrected chi connectivity index (χ3v) is 4.07. The van der Waals surface area contributed by atoms with Crippen LogP contribution in [0.3, 0.4) is 0 Å². The first-order chi connectivity index (χ1) is 11.2. The summed E-state index contributed by atoms with van der Waals surface area (Å²) >= 11 is 0. The van der Waals surface area contributed by atoms with E-state index in [9.17, 15) is 4.79 Å². The molecule has 0 aromatic heterocycles. The zero-order valence-electron chi connectivity index (χ0n) is 14.4. The van der Waals surface area contributed by atoms with Crippen LogP contribution in [0.25, 0.3) is 0 Å². The number of ether oxygens (including phenoxy) is 2. The highest BCUT2D eigenvalue weighted by atomic mass is 35.5. The van der Waals surface area contributed by atoms with Gasteiger partial charge >= 0.3 is 0 Å². The Hall–Kier alpha value is -1.30. The fraction of sp³-hybridized carbons (Fsp3) is 0.611. The van der Waals surface area contributed by atoms with Gasteiger partial charge in [0.05, 0.1) is 19.1 Å². The zero-order chi connectivity index (χ0) is 16.5. The second-order valence-corrected chi connectivity index (χ2v) is 6.01. The number of nitrogens with two attached hydrogens (primary N) is 1. The van der Waals surface area contributed by atoms with Crippen LogP contribution in [0.2, 0.25) is 0 Å². The molecule has 0 spiro atoms. The SMILES string of the molecule is Cc1cccc(OCCC(=O)N2CCC(OCCCN)CC2)c1.Cl. The van der Waals surface area contributed by atoms with Crippen molar-refractivity contribution in [2.24, 2.45) is 5.73 Å². The molecule has 0 radical (unpaired) electrons. The quantitative estimate of drug-likeness (QED) is 0.727. The summed E-state index contributed by atoms with van der Waals surface area (Å²) in [7, 11) is 0. The van der Waals surface area contributed by atoms with Crippen LogP contribution in [-0.2, 0) is 9.53 Å². The van der Waals surface area contributed by atoms with Crippen molar-refractivity contribution in [3.8, 4) is 5.75 Å². The summed E-state index contributed by atoms with van der Waals surface area (Å²) in [6, 6.07) is 7.88. The van der Waals surface area contributed by atoms with Crippen LogP contribution in [0.15, 0.2) is 24.3 Å². The van der Waals surface area contributed by atoms with Crippen molar-refractivity contribution in [1.29, 1.82) is 0 Å². The molecular formula is C18H29ClN2O3. The summed E-state index contributed by atoms with van der Waals surface area (Å²) in [5, 5.41) is 0. The molecule has 2 rings (SSSR count). The number of halogens is 1. The normalized spacial score (nSPS) is 15.0. The van der Waals surface area contributed by atoms with Crippen LogP contribution in [0.5, 0.6) is 5.75 Å². The van der Waals surface area contributed by atoms with Crippen molar-refractivity contribution in [2.45, 2.75) is 38.7 Å². The predicted molar refractivity (Wildman–Crippen MR) is 97.8 cm³/mol. The molecular weight excluding hydrogens is 328 g/mol. The van der Waals surface area contributed by atoms with Gasteiger partial charge in [0.25, 0.3) is 0 Å². The number of rotatable bonds is 8. The maximum absolute atomic E-state index is 12.2. The molecule has 136 valence electrons. The third-order valence-electron chi connectivity index (χ3n) is 4.07. The molecule has 0 bridgehead atoms. The Morgan fingerprint density at radius 2 is 2.04 bits per heavy atom. The molecule has 0 atom stereocenters. The van der Waals surface area contributed by atoms with Crippen LogP contribution >= 0.6 is 12.4 Å². The number of piperidine rings is 1. The number of hydrogen-bond donors (Lipinski definition) is 1. The molecule has 1 aromatic carbocycles. The van der Waals surface area contributed by atoms with E-state index in [2.05, 4.69) is 0 Å². The summed E-state index contributed by atoms with van der Waals surface area (Å²) in [6.45, 7) is 5.39. The number of benzene rings is 1. The number of nitrogens with zero attached hydrogens (tertiary/aromatic N) is 1. The lowest BCUT2D eigenvalue weighted by Crippen LogP contribution is -2.41. The first kappa shape index (κ1) is 20.7. The smallest absolute Gasteiger partial charge is 0.226 e. The maximum Gasteiger partial charge on any atom is 0.226 e. The average Bonchev–Trinajstić information content (AvgIpc) is 2.56. The summed E-state index contributed by atoms with van der Waals surface area (Å²) in [6.07, 6.45) is 3.42. The number of carbonyl (C=O) groups excluding carboxylic acids is 1. The lowest BCUT2D eigenvalue weighted by atomic mass is 10.1. The number of carbonyl (C=O) groups is 1. The van der Waals surface area contributed by atoms with Gasteiger partial charge in [-0.15, -0.1) is 12.4 Å². The Balaban J connectivity index is 0.00000288. The van der Waals surface area contributed by atoms with Crippen molar-refractivity contribution in [3.63, 3.8) is 0 Å². The molecule has 6 heteroatoms. The minimum Gasteiger partial charge on any atom is -0.493 e. The molecule has 1 fully saturated rings. The Labute approximate surface area is 150 Å². The largest absolute Gasteiger partial charge is 0.493 e. The van der Waals surface area contributed by atoms with Crippen molar-refractivity contribution in [2.75, 3.05) is 32.8 Å². The molecule has 24 heavy (non-hydrogen) atoms. The van der Waals surface area contributed by atoms with Crippen LogP contribution in [0.1, 0.15) is 31.2 Å². The second kappa shape index (κ2) is 11.3. The topological polar surface area (TPSA) is 64.8 Å². The van der Waals surface area contributed by atoms with Crippen molar-refractivity contribution >= 4 is 18.3 Å². The molecule has 1 aromatic rings. The highest BCUT2D eigenvalue weighted by Crippen LogP contribution is 2.16. The molecule has 0 saturated carbocycles. The average molecular weight is 357 g/mol. The lowest BCUT2D eigenvalue weighted by molar-refractivity contribution is -0.134. The van der Waals surface area contributed by atoms with Gasteiger partial charge in [-0.25, -0.2) is 0 Å². The maximum atomic E-state index is 12.2.